The quantitative estimate of drug-likeness (QED) is 0.265. The number of aromatic nitrogens is 7. The Morgan fingerprint density at radius 3 is 2.48 bits per heavy atom. The number of benzene rings is 1. The average molecular weight is 540 g/mol. The first-order valence-electron chi connectivity index (χ1n) is 13.2. The molecule has 40 heavy (non-hydrogen) atoms. The standard InChI is InChI=1S/C29H29N7O4/c1-3-5-9-19-14-27(37)36(26(33-19)15-25-30-16-21(17-31-25)39-4-2)18-20-10-8-13-24(32-20)22-11-6-7-12-23(22)28-34-29(38)40-35-28/h6-8,10-14,16-17H,3-5,9,15,18H2,1-2H3,(H,34,35,38). The van der Waals surface area contributed by atoms with E-state index >= 15 is 0 Å². The van der Waals surface area contributed by atoms with Crippen molar-refractivity contribution in [3.63, 3.8) is 0 Å². The van der Waals surface area contributed by atoms with Crippen LogP contribution in [-0.2, 0) is 19.4 Å². The van der Waals surface area contributed by atoms with E-state index in [1.165, 1.54) is 0 Å². The van der Waals surface area contributed by atoms with Gasteiger partial charge in [0.1, 0.15) is 11.6 Å². The Bertz CT molecular complexity index is 1710. The van der Waals surface area contributed by atoms with E-state index in [1.54, 1.807) is 23.0 Å². The molecule has 0 saturated carbocycles. The molecule has 0 amide bonds. The van der Waals surface area contributed by atoms with Crippen LogP contribution in [0.15, 0.2) is 75.0 Å². The highest BCUT2D eigenvalue weighted by Crippen LogP contribution is 2.28. The van der Waals surface area contributed by atoms with Crippen molar-refractivity contribution < 1.29 is 9.26 Å². The molecular weight excluding hydrogens is 510 g/mol. The molecule has 1 N–H and O–H groups in total. The smallest absolute Gasteiger partial charge is 0.439 e. The number of aromatic amines is 1. The summed E-state index contributed by atoms with van der Waals surface area (Å²) in [6.45, 7) is 4.74. The minimum absolute atomic E-state index is 0.158. The van der Waals surface area contributed by atoms with E-state index in [1.807, 2.05) is 49.4 Å². The second kappa shape index (κ2) is 12.3. The molecule has 0 bridgehead atoms. The van der Waals surface area contributed by atoms with Crippen LogP contribution in [0.4, 0.5) is 0 Å². The van der Waals surface area contributed by atoms with Crippen LogP contribution in [0.5, 0.6) is 5.75 Å². The maximum Gasteiger partial charge on any atom is 0.439 e. The molecule has 5 aromatic rings. The first kappa shape index (κ1) is 26.7. The molecular formula is C29H29N7O4. The first-order chi connectivity index (χ1) is 19.5. The molecule has 0 aliphatic rings. The van der Waals surface area contributed by atoms with Crippen LogP contribution >= 0.6 is 0 Å². The number of nitrogens with one attached hydrogen (secondary N) is 1. The van der Waals surface area contributed by atoms with Gasteiger partial charge in [0.15, 0.2) is 11.6 Å². The number of ether oxygens (including phenoxy) is 1. The summed E-state index contributed by atoms with van der Waals surface area (Å²) < 4.78 is 11.8. The van der Waals surface area contributed by atoms with Crippen molar-refractivity contribution in [1.29, 1.82) is 0 Å². The lowest BCUT2D eigenvalue weighted by molar-refractivity contribution is 0.337. The molecule has 0 radical (unpaired) electrons. The molecule has 0 aliphatic heterocycles. The Hall–Kier alpha value is -4.93. The Morgan fingerprint density at radius 2 is 1.75 bits per heavy atom. The fourth-order valence-electron chi connectivity index (χ4n) is 4.35. The Balaban J connectivity index is 1.49. The van der Waals surface area contributed by atoms with Gasteiger partial charge in [-0.1, -0.05) is 48.8 Å². The maximum absolute atomic E-state index is 13.3. The zero-order valence-corrected chi connectivity index (χ0v) is 22.3. The summed E-state index contributed by atoms with van der Waals surface area (Å²) in [6.07, 6.45) is 6.19. The zero-order valence-electron chi connectivity index (χ0n) is 22.3. The number of rotatable bonds is 11. The monoisotopic (exact) mass is 539 g/mol. The van der Waals surface area contributed by atoms with E-state index in [-0.39, 0.29) is 18.5 Å². The topological polar surface area (TPSA) is 142 Å². The van der Waals surface area contributed by atoms with Crippen LogP contribution in [0.1, 0.15) is 49.7 Å². The molecule has 0 atom stereocenters. The Labute approximate surface area is 230 Å². The van der Waals surface area contributed by atoms with Crippen LogP contribution in [0.25, 0.3) is 22.6 Å². The number of unbranched alkanes of at least 4 members (excludes halogenated alkanes) is 1. The summed E-state index contributed by atoms with van der Waals surface area (Å²) >= 11 is 0. The van der Waals surface area contributed by atoms with Crippen LogP contribution in [-0.4, -0.2) is 41.3 Å². The van der Waals surface area contributed by atoms with Gasteiger partial charge in [-0.25, -0.2) is 19.7 Å². The third-order valence-electron chi connectivity index (χ3n) is 6.26. The molecule has 0 unspecified atom stereocenters. The zero-order chi connectivity index (χ0) is 27.9. The van der Waals surface area contributed by atoms with E-state index in [0.717, 1.165) is 30.5 Å². The Kier molecular flexibility index (Phi) is 8.19. The van der Waals surface area contributed by atoms with Crippen molar-refractivity contribution in [2.24, 2.45) is 0 Å². The number of nitrogens with zero attached hydrogens (tertiary/aromatic N) is 6. The van der Waals surface area contributed by atoms with Crippen molar-refractivity contribution in [3.05, 3.63) is 105 Å². The lowest BCUT2D eigenvalue weighted by Gasteiger charge is -2.14. The van der Waals surface area contributed by atoms with Crippen molar-refractivity contribution >= 4 is 0 Å². The predicted octanol–water partition coefficient (Wildman–Crippen LogP) is 3.82. The second-order valence-corrected chi connectivity index (χ2v) is 9.14. The number of hydrogen-bond donors (Lipinski definition) is 1. The number of pyridine rings is 1. The van der Waals surface area contributed by atoms with E-state index in [2.05, 4.69) is 27.0 Å². The molecule has 204 valence electrons. The number of H-pyrrole nitrogens is 1. The van der Waals surface area contributed by atoms with E-state index in [0.29, 0.717) is 46.8 Å². The molecule has 1 aromatic carbocycles. The second-order valence-electron chi connectivity index (χ2n) is 9.14. The largest absolute Gasteiger partial charge is 0.491 e. The summed E-state index contributed by atoms with van der Waals surface area (Å²) in [6, 6.07) is 14.6. The van der Waals surface area contributed by atoms with Gasteiger partial charge in [0.25, 0.3) is 5.56 Å². The van der Waals surface area contributed by atoms with Gasteiger partial charge in [-0.2, -0.15) is 0 Å². The van der Waals surface area contributed by atoms with Crippen molar-refractivity contribution in [2.45, 2.75) is 46.1 Å². The third kappa shape index (κ3) is 6.20. The summed E-state index contributed by atoms with van der Waals surface area (Å²) in [5.74, 6) is 1.37. The summed E-state index contributed by atoms with van der Waals surface area (Å²) in [7, 11) is 0. The molecule has 0 saturated heterocycles. The van der Waals surface area contributed by atoms with Crippen molar-refractivity contribution in [1.82, 2.24) is 34.6 Å². The summed E-state index contributed by atoms with van der Waals surface area (Å²) in [5, 5.41) is 3.83. The summed E-state index contributed by atoms with van der Waals surface area (Å²) in [5.41, 5.74) is 3.35. The number of hydrogen-bond acceptors (Lipinski definition) is 9. The first-order valence-corrected chi connectivity index (χ1v) is 13.2. The highest BCUT2D eigenvalue weighted by Gasteiger charge is 2.15. The Morgan fingerprint density at radius 1 is 0.950 bits per heavy atom. The van der Waals surface area contributed by atoms with Gasteiger partial charge in [-0.3, -0.25) is 23.9 Å². The highest BCUT2D eigenvalue weighted by molar-refractivity contribution is 5.78. The van der Waals surface area contributed by atoms with Crippen molar-refractivity contribution in [2.75, 3.05) is 6.61 Å². The van der Waals surface area contributed by atoms with E-state index in [9.17, 15) is 9.59 Å². The van der Waals surface area contributed by atoms with Gasteiger partial charge in [0.2, 0.25) is 0 Å². The number of aryl methyl sites for hydroxylation is 1. The molecule has 0 fully saturated rings. The molecule has 11 heteroatoms. The van der Waals surface area contributed by atoms with Crippen LogP contribution in [0, 0.1) is 0 Å². The van der Waals surface area contributed by atoms with E-state index < -0.39 is 5.76 Å². The lowest BCUT2D eigenvalue weighted by Crippen LogP contribution is -2.27. The van der Waals surface area contributed by atoms with E-state index in [4.69, 9.17) is 19.2 Å². The highest BCUT2D eigenvalue weighted by atomic mass is 16.5. The van der Waals surface area contributed by atoms with Crippen LogP contribution in [0.2, 0.25) is 0 Å². The van der Waals surface area contributed by atoms with Crippen LogP contribution < -0.4 is 16.1 Å². The summed E-state index contributed by atoms with van der Waals surface area (Å²) in [4.78, 5) is 46.0. The normalized spacial score (nSPS) is 11.1. The molecule has 11 nitrogen and oxygen atoms in total. The van der Waals surface area contributed by atoms with Gasteiger partial charge in [-0.15, -0.1) is 0 Å². The molecule has 4 aromatic heterocycles. The van der Waals surface area contributed by atoms with Gasteiger partial charge in [0.05, 0.1) is 43.4 Å². The molecule has 4 heterocycles. The molecule has 0 aliphatic carbocycles. The predicted molar refractivity (Wildman–Crippen MR) is 148 cm³/mol. The minimum Gasteiger partial charge on any atom is -0.491 e. The van der Waals surface area contributed by atoms with Gasteiger partial charge in [-0.05, 0) is 31.9 Å². The minimum atomic E-state index is -0.634. The SMILES string of the molecule is CCCCc1cc(=O)n(Cc2cccc(-c3ccccc3-c3noc(=O)[nH]3)n2)c(Cc2ncc(OCC)cn2)n1. The molecule has 0 spiro atoms. The van der Waals surface area contributed by atoms with Gasteiger partial charge >= 0.3 is 5.76 Å². The lowest BCUT2D eigenvalue weighted by atomic mass is 10.0. The maximum atomic E-state index is 13.3. The third-order valence-corrected chi connectivity index (χ3v) is 6.26. The average Bonchev–Trinajstić information content (AvgIpc) is 3.41. The van der Waals surface area contributed by atoms with Crippen LogP contribution in [0.3, 0.4) is 0 Å². The van der Waals surface area contributed by atoms with Gasteiger partial charge < -0.3 is 4.74 Å². The van der Waals surface area contributed by atoms with Crippen molar-refractivity contribution in [3.8, 4) is 28.4 Å². The van der Waals surface area contributed by atoms with Gasteiger partial charge in [0, 0.05) is 22.9 Å². The molecule has 5 rings (SSSR count). The fourth-order valence-corrected chi connectivity index (χ4v) is 4.35. The fraction of sp³-hybridized carbons (Fsp3) is 0.276.